The van der Waals surface area contributed by atoms with Crippen LogP contribution in [0.15, 0.2) is 36.5 Å². The van der Waals surface area contributed by atoms with E-state index < -0.39 is 12.1 Å². The Morgan fingerprint density at radius 2 is 0.746 bits per heavy atom. The number of carbonyl (C=O) groups excluding carboxylic acids is 2. The molecular formula is C61H115NO5. The van der Waals surface area contributed by atoms with E-state index >= 15 is 0 Å². The highest BCUT2D eigenvalue weighted by atomic mass is 16.5. The van der Waals surface area contributed by atoms with Gasteiger partial charge in [0.25, 0.3) is 0 Å². The molecule has 0 aromatic rings. The molecule has 0 rings (SSSR count). The van der Waals surface area contributed by atoms with E-state index in [0.29, 0.717) is 19.4 Å². The summed E-state index contributed by atoms with van der Waals surface area (Å²) in [5.74, 6) is -0.0791. The van der Waals surface area contributed by atoms with Crippen molar-refractivity contribution in [3.05, 3.63) is 36.5 Å². The highest BCUT2D eigenvalue weighted by Crippen LogP contribution is 2.17. The molecule has 6 heteroatoms. The van der Waals surface area contributed by atoms with Gasteiger partial charge in [-0.1, -0.05) is 275 Å². The van der Waals surface area contributed by atoms with Gasteiger partial charge in [-0.15, -0.1) is 0 Å². The number of aliphatic hydroxyl groups is 2. The third kappa shape index (κ3) is 53.3. The molecule has 0 aliphatic heterocycles. The fourth-order valence-electron chi connectivity index (χ4n) is 9.08. The molecule has 0 bridgehead atoms. The van der Waals surface area contributed by atoms with Crippen LogP contribution in [-0.4, -0.2) is 47.4 Å². The van der Waals surface area contributed by atoms with Gasteiger partial charge in [0.1, 0.15) is 0 Å². The van der Waals surface area contributed by atoms with Crippen molar-refractivity contribution in [3.63, 3.8) is 0 Å². The van der Waals surface area contributed by atoms with E-state index in [9.17, 15) is 19.8 Å². The maximum atomic E-state index is 12.5. The maximum absolute atomic E-state index is 12.5. The zero-order valence-corrected chi connectivity index (χ0v) is 44.9. The van der Waals surface area contributed by atoms with Gasteiger partial charge >= 0.3 is 5.97 Å². The summed E-state index contributed by atoms with van der Waals surface area (Å²) in [6.07, 6.45) is 70.2. The topological polar surface area (TPSA) is 95.9 Å². The Labute approximate surface area is 417 Å². The molecule has 2 atom stereocenters. The number of aliphatic hydroxyl groups excluding tert-OH is 2. The Balaban J connectivity index is 3.45. The molecular weight excluding hydrogens is 827 g/mol. The minimum Gasteiger partial charge on any atom is -0.466 e. The lowest BCUT2D eigenvalue weighted by Crippen LogP contribution is -2.45. The van der Waals surface area contributed by atoms with E-state index in [0.717, 1.165) is 57.8 Å². The largest absolute Gasteiger partial charge is 0.466 e. The second kappa shape index (κ2) is 56.7. The second-order valence-electron chi connectivity index (χ2n) is 20.3. The van der Waals surface area contributed by atoms with Crippen LogP contribution >= 0.6 is 0 Å². The van der Waals surface area contributed by atoms with Crippen LogP contribution < -0.4 is 5.32 Å². The average Bonchev–Trinajstić information content (AvgIpc) is 3.33. The van der Waals surface area contributed by atoms with Crippen molar-refractivity contribution in [2.24, 2.45) is 0 Å². The fraction of sp³-hybridized carbons (Fsp3) is 0.869. The third-order valence-electron chi connectivity index (χ3n) is 13.7. The third-order valence-corrected chi connectivity index (χ3v) is 13.7. The van der Waals surface area contributed by atoms with Crippen molar-refractivity contribution in [2.75, 3.05) is 13.2 Å². The number of hydrogen-bond donors (Lipinski definition) is 3. The number of allylic oxidation sites excluding steroid dienone is 5. The Bertz CT molecular complexity index is 1090. The van der Waals surface area contributed by atoms with E-state index in [-0.39, 0.29) is 18.5 Å². The number of nitrogens with one attached hydrogen (secondary N) is 1. The van der Waals surface area contributed by atoms with Gasteiger partial charge in [-0.2, -0.15) is 0 Å². The van der Waals surface area contributed by atoms with Crippen molar-refractivity contribution in [1.29, 1.82) is 0 Å². The van der Waals surface area contributed by atoms with Crippen LogP contribution in [0.5, 0.6) is 0 Å². The number of carbonyl (C=O) groups is 2. The van der Waals surface area contributed by atoms with Crippen LogP contribution in [0.2, 0.25) is 0 Å². The van der Waals surface area contributed by atoms with Gasteiger partial charge in [-0.25, -0.2) is 0 Å². The van der Waals surface area contributed by atoms with Gasteiger partial charge in [0.2, 0.25) is 5.91 Å². The van der Waals surface area contributed by atoms with E-state index in [2.05, 4.69) is 43.5 Å². The first-order chi connectivity index (χ1) is 33.0. The number of hydrogen-bond acceptors (Lipinski definition) is 5. The standard InChI is InChI=1S/C61H115NO5/c1-3-5-7-9-11-13-15-17-19-21-25-29-33-37-41-45-49-53-59(64)58(57-63)62-60(65)54-50-46-42-38-34-30-26-23-24-28-32-36-40-44-48-52-56-67-61(66)55-51-47-43-39-35-31-27-22-20-18-16-14-12-10-8-6-4-2/h12,14,18,20,49,53,58-59,63-64H,3-11,13,15-17,19,21-48,50-52,54-57H2,1-2H3,(H,62,65)/b14-12-,20-18-,53-49+. The maximum Gasteiger partial charge on any atom is 0.305 e. The van der Waals surface area contributed by atoms with Crippen molar-refractivity contribution in [2.45, 2.75) is 328 Å². The predicted molar refractivity (Wildman–Crippen MR) is 292 cm³/mol. The van der Waals surface area contributed by atoms with Crippen molar-refractivity contribution in [3.8, 4) is 0 Å². The summed E-state index contributed by atoms with van der Waals surface area (Å²) in [4.78, 5) is 24.5. The molecule has 0 radical (unpaired) electrons. The molecule has 0 saturated carbocycles. The molecule has 0 aliphatic rings. The van der Waals surface area contributed by atoms with E-state index in [1.807, 2.05) is 6.08 Å². The molecule has 394 valence electrons. The van der Waals surface area contributed by atoms with Gasteiger partial charge in [-0.3, -0.25) is 9.59 Å². The van der Waals surface area contributed by atoms with Crippen molar-refractivity contribution >= 4 is 11.9 Å². The second-order valence-corrected chi connectivity index (χ2v) is 20.3. The van der Waals surface area contributed by atoms with Crippen LogP contribution in [0.4, 0.5) is 0 Å². The van der Waals surface area contributed by atoms with Gasteiger partial charge in [0.05, 0.1) is 25.4 Å². The van der Waals surface area contributed by atoms with Crippen molar-refractivity contribution in [1.82, 2.24) is 5.32 Å². The summed E-state index contributed by atoms with van der Waals surface area (Å²) < 4.78 is 5.48. The number of rotatable bonds is 55. The SMILES string of the molecule is CCCCC/C=C\C/C=C\CCCCCCCCCC(=O)OCCCCCCCCCCCCCCCCCCC(=O)NC(CO)C(O)/C=C/CCCCCCCCCCCCCCCCC. The van der Waals surface area contributed by atoms with Gasteiger partial charge < -0.3 is 20.3 Å². The van der Waals surface area contributed by atoms with E-state index in [1.165, 1.54) is 231 Å². The Morgan fingerprint density at radius 1 is 0.418 bits per heavy atom. The molecule has 1 amide bonds. The zero-order valence-electron chi connectivity index (χ0n) is 44.9. The molecule has 0 fully saturated rings. The number of amides is 1. The quantitative estimate of drug-likeness (QED) is 0.0321. The summed E-state index contributed by atoms with van der Waals surface area (Å²) in [5, 5.41) is 23.1. The van der Waals surface area contributed by atoms with Gasteiger partial charge in [-0.05, 0) is 64.2 Å². The molecule has 3 N–H and O–H groups in total. The summed E-state index contributed by atoms with van der Waals surface area (Å²) in [5.41, 5.74) is 0. The molecule has 6 nitrogen and oxygen atoms in total. The molecule has 0 saturated heterocycles. The molecule has 2 unspecified atom stereocenters. The van der Waals surface area contributed by atoms with Crippen LogP contribution in [0.25, 0.3) is 0 Å². The molecule has 0 heterocycles. The number of unbranched alkanes of at least 4 members (excludes halogenated alkanes) is 40. The molecule has 0 aromatic heterocycles. The lowest BCUT2D eigenvalue weighted by atomic mass is 10.0. The first-order valence-corrected chi connectivity index (χ1v) is 29.8. The molecule has 0 spiro atoms. The first kappa shape index (κ1) is 65.1. The minimum atomic E-state index is -0.850. The van der Waals surface area contributed by atoms with Gasteiger partial charge in [0.15, 0.2) is 0 Å². The summed E-state index contributed by atoms with van der Waals surface area (Å²) in [6, 6.07) is -0.634. The number of ether oxygens (including phenoxy) is 1. The van der Waals surface area contributed by atoms with Crippen LogP contribution in [0, 0.1) is 0 Å². The summed E-state index contributed by atoms with van der Waals surface area (Å²) in [7, 11) is 0. The lowest BCUT2D eigenvalue weighted by molar-refractivity contribution is -0.143. The Morgan fingerprint density at radius 3 is 1.16 bits per heavy atom. The fourth-order valence-corrected chi connectivity index (χ4v) is 9.08. The predicted octanol–water partition coefficient (Wildman–Crippen LogP) is 18.4. The monoisotopic (exact) mass is 942 g/mol. The number of esters is 1. The van der Waals surface area contributed by atoms with Crippen LogP contribution in [0.1, 0.15) is 316 Å². The molecule has 67 heavy (non-hydrogen) atoms. The van der Waals surface area contributed by atoms with E-state index in [1.54, 1.807) is 6.08 Å². The first-order valence-electron chi connectivity index (χ1n) is 29.8. The van der Waals surface area contributed by atoms with Crippen LogP contribution in [-0.2, 0) is 14.3 Å². The zero-order chi connectivity index (χ0) is 48.6. The summed E-state index contributed by atoms with van der Waals surface area (Å²) in [6.45, 7) is 4.87. The van der Waals surface area contributed by atoms with Gasteiger partial charge in [0, 0.05) is 12.8 Å². The molecule has 0 aromatic carbocycles. The lowest BCUT2D eigenvalue weighted by Gasteiger charge is -2.20. The normalized spacial score (nSPS) is 12.8. The van der Waals surface area contributed by atoms with Crippen molar-refractivity contribution < 1.29 is 24.5 Å². The molecule has 0 aliphatic carbocycles. The highest BCUT2D eigenvalue weighted by Gasteiger charge is 2.18. The summed E-state index contributed by atoms with van der Waals surface area (Å²) >= 11 is 0. The highest BCUT2D eigenvalue weighted by molar-refractivity contribution is 5.76. The Hall–Kier alpha value is -1.92. The Kier molecular flexibility index (Phi) is 55.0. The van der Waals surface area contributed by atoms with Crippen LogP contribution in [0.3, 0.4) is 0 Å². The van der Waals surface area contributed by atoms with E-state index in [4.69, 9.17) is 4.74 Å². The minimum absolute atomic E-state index is 0.00552. The average molecular weight is 943 g/mol. The smallest absolute Gasteiger partial charge is 0.305 e.